The van der Waals surface area contributed by atoms with E-state index >= 15 is 0 Å². The molecule has 1 aliphatic rings. The van der Waals surface area contributed by atoms with Gasteiger partial charge in [-0.05, 0) is 24.5 Å². The molecular formula is C15H21ClN2O. The summed E-state index contributed by atoms with van der Waals surface area (Å²) in [5.74, 6) is 0. The highest BCUT2D eigenvalue weighted by molar-refractivity contribution is 6.31. The minimum atomic E-state index is 0.113. The first-order valence-corrected chi connectivity index (χ1v) is 7.30. The Morgan fingerprint density at radius 1 is 1.21 bits per heavy atom. The molecule has 2 amide bonds. The molecule has 0 saturated carbocycles. The van der Waals surface area contributed by atoms with Crippen LogP contribution in [0.25, 0.3) is 0 Å². The molecule has 0 aliphatic carbocycles. The highest BCUT2D eigenvalue weighted by Gasteiger charge is 2.19. The van der Waals surface area contributed by atoms with Crippen molar-refractivity contribution in [3.8, 4) is 0 Å². The largest absolute Gasteiger partial charge is 0.325 e. The fraction of sp³-hybridized carbons (Fsp3) is 0.533. The van der Waals surface area contributed by atoms with E-state index < -0.39 is 0 Å². The van der Waals surface area contributed by atoms with Gasteiger partial charge in [0.2, 0.25) is 0 Å². The smallest absolute Gasteiger partial charge is 0.320 e. The number of carbonyl (C=O) groups is 1. The third kappa shape index (κ3) is 3.87. The summed E-state index contributed by atoms with van der Waals surface area (Å²) in [6.07, 6.45) is 4.70. The zero-order valence-corrected chi connectivity index (χ0v) is 12.2. The van der Waals surface area contributed by atoms with Crippen LogP contribution >= 0.6 is 11.6 Å². The highest BCUT2D eigenvalue weighted by atomic mass is 35.5. The van der Waals surface area contributed by atoms with Crippen LogP contribution in [0.5, 0.6) is 0 Å². The summed E-state index contributed by atoms with van der Waals surface area (Å²) in [6, 6.07) is 7.80. The molecule has 4 heteroatoms. The van der Waals surface area contributed by atoms with Crippen molar-refractivity contribution in [3.05, 3.63) is 34.9 Å². The molecule has 3 nitrogen and oxygen atoms in total. The number of rotatable bonds is 2. The number of likely N-dealkylation sites (tertiary alicyclic amines) is 1. The molecule has 1 aliphatic heterocycles. The van der Waals surface area contributed by atoms with Crippen molar-refractivity contribution in [1.29, 1.82) is 0 Å². The molecule has 1 saturated heterocycles. The summed E-state index contributed by atoms with van der Waals surface area (Å²) in [4.78, 5) is 16.1. The van der Waals surface area contributed by atoms with Crippen molar-refractivity contribution >= 4 is 17.6 Å². The molecule has 104 valence electrons. The van der Waals surface area contributed by atoms with E-state index in [2.05, 4.69) is 0 Å². The fourth-order valence-electron chi connectivity index (χ4n) is 2.45. The van der Waals surface area contributed by atoms with Crippen molar-refractivity contribution in [2.45, 2.75) is 32.2 Å². The lowest BCUT2D eigenvalue weighted by Crippen LogP contribution is -2.41. The van der Waals surface area contributed by atoms with E-state index in [1.54, 1.807) is 4.90 Å². The first kappa shape index (κ1) is 14.2. The van der Waals surface area contributed by atoms with Crippen LogP contribution in [0.2, 0.25) is 5.02 Å². The van der Waals surface area contributed by atoms with Gasteiger partial charge < -0.3 is 9.80 Å². The maximum Gasteiger partial charge on any atom is 0.320 e. The van der Waals surface area contributed by atoms with Crippen LogP contribution < -0.4 is 0 Å². The van der Waals surface area contributed by atoms with Gasteiger partial charge in [0.05, 0.1) is 0 Å². The number of nitrogens with zero attached hydrogens (tertiary/aromatic N) is 2. The molecule has 1 aromatic carbocycles. The molecule has 1 fully saturated rings. The average molecular weight is 281 g/mol. The van der Waals surface area contributed by atoms with Gasteiger partial charge in [-0.3, -0.25) is 0 Å². The zero-order valence-electron chi connectivity index (χ0n) is 11.4. The second-order valence-electron chi connectivity index (χ2n) is 5.13. The van der Waals surface area contributed by atoms with Gasteiger partial charge in [-0.15, -0.1) is 0 Å². The Bertz CT molecular complexity index is 428. The Labute approximate surface area is 120 Å². The minimum Gasteiger partial charge on any atom is -0.325 e. The summed E-state index contributed by atoms with van der Waals surface area (Å²) in [5.41, 5.74) is 0.995. The molecule has 19 heavy (non-hydrogen) atoms. The third-order valence-corrected chi connectivity index (χ3v) is 3.94. The SMILES string of the molecule is CN(Cc1ccccc1Cl)C(=O)N1CCCCCC1. The molecular weight excluding hydrogens is 260 g/mol. The molecule has 0 unspecified atom stereocenters. The monoisotopic (exact) mass is 280 g/mol. The van der Waals surface area contributed by atoms with Crippen molar-refractivity contribution in [2.24, 2.45) is 0 Å². The van der Waals surface area contributed by atoms with E-state index in [-0.39, 0.29) is 6.03 Å². The molecule has 0 bridgehead atoms. The first-order valence-electron chi connectivity index (χ1n) is 6.92. The lowest BCUT2D eigenvalue weighted by molar-refractivity contribution is 0.162. The van der Waals surface area contributed by atoms with E-state index in [1.165, 1.54) is 12.8 Å². The van der Waals surface area contributed by atoms with Crippen LogP contribution in [-0.2, 0) is 6.54 Å². The van der Waals surface area contributed by atoms with Gasteiger partial charge in [-0.1, -0.05) is 42.6 Å². The number of carbonyl (C=O) groups excluding carboxylic acids is 1. The van der Waals surface area contributed by atoms with E-state index in [0.29, 0.717) is 6.54 Å². The van der Waals surface area contributed by atoms with E-state index in [9.17, 15) is 4.79 Å². The minimum absolute atomic E-state index is 0.113. The molecule has 0 atom stereocenters. The Kier molecular flexibility index (Phi) is 5.08. The van der Waals surface area contributed by atoms with Gasteiger partial charge in [0.25, 0.3) is 0 Å². The number of benzene rings is 1. The van der Waals surface area contributed by atoms with Gasteiger partial charge in [-0.2, -0.15) is 0 Å². The van der Waals surface area contributed by atoms with E-state index in [1.807, 2.05) is 36.2 Å². The maximum absolute atomic E-state index is 12.4. The quantitative estimate of drug-likeness (QED) is 0.809. The van der Waals surface area contributed by atoms with E-state index in [0.717, 1.165) is 36.5 Å². The predicted molar refractivity (Wildman–Crippen MR) is 78.4 cm³/mol. The topological polar surface area (TPSA) is 23.6 Å². The van der Waals surface area contributed by atoms with E-state index in [4.69, 9.17) is 11.6 Å². The van der Waals surface area contributed by atoms with Crippen molar-refractivity contribution in [1.82, 2.24) is 9.80 Å². The Hall–Kier alpha value is -1.22. The van der Waals surface area contributed by atoms with Crippen LogP contribution in [0.3, 0.4) is 0 Å². The van der Waals surface area contributed by atoms with Crippen LogP contribution in [0, 0.1) is 0 Å². The normalized spacial score (nSPS) is 16.0. The standard InChI is InChI=1S/C15H21ClN2O/c1-17(12-13-8-4-5-9-14(13)16)15(19)18-10-6-2-3-7-11-18/h4-5,8-9H,2-3,6-7,10-12H2,1H3. The summed E-state index contributed by atoms with van der Waals surface area (Å²) < 4.78 is 0. The second kappa shape index (κ2) is 6.80. The van der Waals surface area contributed by atoms with Gasteiger partial charge >= 0.3 is 6.03 Å². The number of urea groups is 1. The number of hydrogen-bond acceptors (Lipinski definition) is 1. The lowest BCUT2D eigenvalue weighted by Gasteiger charge is -2.27. The first-order chi connectivity index (χ1) is 9.18. The van der Waals surface area contributed by atoms with Crippen LogP contribution in [0.4, 0.5) is 4.79 Å². The number of hydrogen-bond donors (Lipinski definition) is 0. The molecule has 1 aromatic rings. The van der Waals surface area contributed by atoms with Crippen LogP contribution in [-0.4, -0.2) is 36.0 Å². The maximum atomic E-state index is 12.4. The molecule has 0 N–H and O–H groups in total. The Morgan fingerprint density at radius 2 is 1.84 bits per heavy atom. The van der Waals surface area contributed by atoms with Gasteiger partial charge in [0.1, 0.15) is 0 Å². The van der Waals surface area contributed by atoms with Crippen LogP contribution in [0.15, 0.2) is 24.3 Å². The Balaban J connectivity index is 1.97. The molecule has 0 radical (unpaired) electrons. The summed E-state index contributed by atoms with van der Waals surface area (Å²) in [6.45, 7) is 2.33. The number of halogens is 1. The van der Waals surface area contributed by atoms with Gasteiger partial charge in [0, 0.05) is 31.7 Å². The van der Waals surface area contributed by atoms with Crippen molar-refractivity contribution in [2.75, 3.05) is 20.1 Å². The van der Waals surface area contributed by atoms with Gasteiger partial charge in [-0.25, -0.2) is 4.79 Å². The summed E-state index contributed by atoms with van der Waals surface area (Å²) >= 11 is 6.13. The molecule has 2 rings (SSSR count). The summed E-state index contributed by atoms with van der Waals surface area (Å²) in [5, 5.41) is 0.720. The zero-order chi connectivity index (χ0) is 13.7. The third-order valence-electron chi connectivity index (χ3n) is 3.57. The average Bonchev–Trinajstić information content (AvgIpc) is 2.69. The molecule has 0 spiro atoms. The van der Waals surface area contributed by atoms with Crippen LogP contribution in [0.1, 0.15) is 31.2 Å². The molecule has 1 heterocycles. The highest BCUT2D eigenvalue weighted by Crippen LogP contribution is 2.18. The molecule has 0 aromatic heterocycles. The van der Waals surface area contributed by atoms with Gasteiger partial charge in [0.15, 0.2) is 0 Å². The number of amides is 2. The summed E-state index contributed by atoms with van der Waals surface area (Å²) in [7, 11) is 1.84. The van der Waals surface area contributed by atoms with Crippen molar-refractivity contribution < 1.29 is 4.79 Å². The fourth-order valence-corrected chi connectivity index (χ4v) is 2.65. The van der Waals surface area contributed by atoms with Crippen molar-refractivity contribution in [3.63, 3.8) is 0 Å². The Morgan fingerprint density at radius 3 is 2.47 bits per heavy atom. The predicted octanol–water partition coefficient (Wildman–Crippen LogP) is 3.77. The lowest BCUT2D eigenvalue weighted by atomic mass is 10.2. The second-order valence-corrected chi connectivity index (χ2v) is 5.54.